The molecule has 1 amide bonds. The summed E-state index contributed by atoms with van der Waals surface area (Å²) in [6.45, 7) is 1.67. The number of carbonyl (C=O) groups is 2. The van der Waals surface area contributed by atoms with Crippen LogP contribution in [0.3, 0.4) is 0 Å². The fourth-order valence-electron chi connectivity index (χ4n) is 2.10. The van der Waals surface area contributed by atoms with Crippen molar-refractivity contribution >= 4 is 40.8 Å². The van der Waals surface area contributed by atoms with Crippen molar-refractivity contribution in [3.8, 4) is 5.75 Å². The van der Waals surface area contributed by atoms with Crippen molar-refractivity contribution in [2.45, 2.75) is 13.3 Å². The molecule has 0 saturated carbocycles. The van der Waals surface area contributed by atoms with Crippen molar-refractivity contribution in [1.82, 2.24) is 0 Å². The number of carbonyl (C=O) groups excluding carboxylic acids is 2. The third-order valence-corrected chi connectivity index (χ3v) is 4.14. The lowest BCUT2D eigenvalue weighted by molar-refractivity contribution is -0.142. The molecule has 2 aromatic rings. The smallest absolute Gasteiger partial charge is 0.343 e. The van der Waals surface area contributed by atoms with E-state index in [0.29, 0.717) is 21.5 Å². The van der Waals surface area contributed by atoms with Gasteiger partial charge in [-0.1, -0.05) is 29.3 Å². The molecule has 0 bridgehead atoms. The Bertz CT molecular complexity index is 793. The zero-order valence-corrected chi connectivity index (χ0v) is 15.3. The first-order valence-corrected chi connectivity index (χ1v) is 8.18. The molecule has 0 spiro atoms. The Morgan fingerprint density at radius 3 is 2.48 bits per heavy atom. The van der Waals surface area contributed by atoms with E-state index in [2.05, 4.69) is 10.1 Å². The predicted molar refractivity (Wildman–Crippen MR) is 97.5 cm³/mol. The third-order valence-electron chi connectivity index (χ3n) is 3.41. The predicted octanol–water partition coefficient (Wildman–Crippen LogP) is 4.03. The highest BCUT2D eigenvalue weighted by atomic mass is 35.5. The maximum absolute atomic E-state index is 12.2. The van der Waals surface area contributed by atoms with Crippen LogP contribution in [0.15, 0.2) is 36.4 Å². The van der Waals surface area contributed by atoms with E-state index in [1.165, 1.54) is 7.11 Å². The summed E-state index contributed by atoms with van der Waals surface area (Å²) in [5, 5.41) is 3.69. The topological polar surface area (TPSA) is 64.6 Å². The Labute approximate surface area is 155 Å². The number of anilines is 1. The molecule has 0 fully saturated rings. The maximum atomic E-state index is 12.2. The van der Waals surface area contributed by atoms with Crippen molar-refractivity contribution in [3.05, 3.63) is 57.6 Å². The molecule has 7 heteroatoms. The van der Waals surface area contributed by atoms with Crippen molar-refractivity contribution in [1.29, 1.82) is 0 Å². The Morgan fingerprint density at radius 2 is 1.84 bits per heavy atom. The van der Waals surface area contributed by atoms with E-state index in [4.69, 9.17) is 27.9 Å². The SMILES string of the molecule is COC(=O)COc1ccc(NC(=O)Cc2ccc(Cl)c(Cl)c2)c(C)c1. The molecule has 0 atom stereocenters. The highest BCUT2D eigenvalue weighted by Gasteiger charge is 2.09. The quantitative estimate of drug-likeness (QED) is 0.766. The van der Waals surface area contributed by atoms with E-state index in [1.807, 2.05) is 6.92 Å². The Kier molecular flexibility index (Phi) is 6.67. The second-order valence-corrected chi connectivity index (χ2v) is 6.13. The van der Waals surface area contributed by atoms with Crippen molar-refractivity contribution in [2.24, 2.45) is 0 Å². The number of amides is 1. The normalized spacial score (nSPS) is 10.2. The summed E-state index contributed by atoms with van der Waals surface area (Å²) < 4.78 is 9.82. The minimum absolute atomic E-state index is 0.168. The van der Waals surface area contributed by atoms with Crippen LogP contribution in [0.25, 0.3) is 0 Å². The first-order chi connectivity index (χ1) is 11.9. The van der Waals surface area contributed by atoms with Gasteiger partial charge in [-0.05, 0) is 48.4 Å². The summed E-state index contributed by atoms with van der Waals surface area (Å²) in [4.78, 5) is 23.3. The summed E-state index contributed by atoms with van der Waals surface area (Å²) >= 11 is 11.8. The summed E-state index contributed by atoms with van der Waals surface area (Å²) in [6, 6.07) is 10.2. The van der Waals surface area contributed by atoms with Crippen LogP contribution in [-0.2, 0) is 20.7 Å². The molecule has 0 aromatic heterocycles. The number of hydrogen-bond donors (Lipinski definition) is 1. The van der Waals surface area contributed by atoms with E-state index < -0.39 is 5.97 Å². The lowest BCUT2D eigenvalue weighted by Gasteiger charge is -2.11. The number of nitrogens with one attached hydrogen (secondary N) is 1. The Balaban J connectivity index is 1.98. The number of esters is 1. The third kappa shape index (κ3) is 5.66. The first kappa shape index (κ1) is 19.1. The monoisotopic (exact) mass is 381 g/mol. The molecule has 2 rings (SSSR count). The summed E-state index contributed by atoms with van der Waals surface area (Å²) in [5.41, 5.74) is 2.24. The molecule has 0 heterocycles. The van der Waals surface area contributed by atoms with Gasteiger partial charge in [0.2, 0.25) is 5.91 Å². The fraction of sp³-hybridized carbons (Fsp3) is 0.222. The molecule has 0 aliphatic rings. The molecule has 5 nitrogen and oxygen atoms in total. The van der Waals surface area contributed by atoms with Crippen LogP contribution in [0.1, 0.15) is 11.1 Å². The lowest BCUT2D eigenvalue weighted by Crippen LogP contribution is -2.15. The van der Waals surface area contributed by atoms with Gasteiger partial charge >= 0.3 is 5.97 Å². The average Bonchev–Trinajstić information content (AvgIpc) is 2.58. The summed E-state index contributed by atoms with van der Waals surface area (Å²) in [6.07, 6.45) is 0.178. The van der Waals surface area contributed by atoms with Crippen LogP contribution in [0.5, 0.6) is 5.75 Å². The van der Waals surface area contributed by atoms with Crippen LogP contribution in [0, 0.1) is 6.92 Å². The lowest BCUT2D eigenvalue weighted by atomic mass is 10.1. The van der Waals surface area contributed by atoms with Crippen LogP contribution in [0.2, 0.25) is 10.0 Å². The number of methoxy groups -OCH3 is 1. The van der Waals surface area contributed by atoms with Gasteiger partial charge in [0.05, 0.1) is 23.6 Å². The average molecular weight is 382 g/mol. The van der Waals surface area contributed by atoms with Gasteiger partial charge in [0.1, 0.15) is 5.75 Å². The number of halogens is 2. The molecular formula is C18H17Cl2NO4. The van der Waals surface area contributed by atoms with Crippen molar-refractivity contribution < 1.29 is 19.1 Å². The van der Waals surface area contributed by atoms with Crippen molar-refractivity contribution in [3.63, 3.8) is 0 Å². The molecule has 0 unspecified atom stereocenters. The number of ether oxygens (including phenoxy) is 2. The minimum atomic E-state index is -0.461. The van der Waals surface area contributed by atoms with Gasteiger partial charge in [-0.2, -0.15) is 0 Å². The first-order valence-electron chi connectivity index (χ1n) is 7.43. The van der Waals surface area contributed by atoms with E-state index in [1.54, 1.807) is 36.4 Å². The zero-order chi connectivity index (χ0) is 18.4. The zero-order valence-electron chi connectivity index (χ0n) is 13.8. The largest absolute Gasteiger partial charge is 0.482 e. The summed E-state index contributed by atoms with van der Waals surface area (Å²) in [5.74, 6) is -0.119. The number of benzene rings is 2. The van der Waals surface area contributed by atoms with Gasteiger partial charge < -0.3 is 14.8 Å². The van der Waals surface area contributed by atoms with E-state index >= 15 is 0 Å². The molecule has 25 heavy (non-hydrogen) atoms. The maximum Gasteiger partial charge on any atom is 0.343 e. The Hall–Kier alpha value is -2.24. The van der Waals surface area contributed by atoms with Crippen LogP contribution >= 0.6 is 23.2 Å². The molecule has 0 aliphatic heterocycles. The second kappa shape index (κ2) is 8.74. The Morgan fingerprint density at radius 1 is 1.08 bits per heavy atom. The van der Waals surface area contributed by atoms with Crippen molar-refractivity contribution in [2.75, 3.05) is 19.0 Å². The molecular weight excluding hydrogens is 365 g/mol. The second-order valence-electron chi connectivity index (χ2n) is 5.31. The van der Waals surface area contributed by atoms with Gasteiger partial charge in [-0.3, -0.25) is 4.79 Å². The highest BCUT2D eigenvalue weighted by Crippen LogP contribution is 2.24. The van der Waals surface area contributed by atoms with Crippen LogP contribution in [0.4, 0.5) is 5.69 Å². The van der Waals surface area contributed by atoms with Gasteiger partial charge in [-0.15, -0.1) is 0 Å². The molecule has 2 aromatic carbocycles. The van der Waals surface area contributed by atoms with Crippen LogP contribution < -0.4 is 10.1 Å². The number of hydrogen-bond acceptors (Lipinski definition) is 4. The van der Waals surface area contributed by atoms with Gasteiger partial charge in [0.25, 0.3) is 0 Å². The minimum Gasteiger partial charge on any atom is -0.482 e. The van der Waals surface area contributed by atoms with E-state index in [0.717, 1.165) is 11.1 Å². The highest BCUT2D eigenvalue weighted by molar-refractivity contribution is 6.42. The van der Waals surface area contributed by atoms with Gasteiger partial charge in [0.15, 0.2) is 6.61 Å². The molecule has 0 aliphatic carbocycles. The molecule has 0 saturated heterocycles. The molecule has 1 N–H and O–H groups in total. The van der Waals surface area contributed by atoms with E-state index in [-0.39, 0.29) is 18.9 Å². The van der Waals surface area contributed by atoms with Crippen LogP contribution in [-0.4, -0.2) is 25.6 Å². The van der Waals surface area contributed by atoms with Gasteiger partial charge in [-0.25, -0.2) is 4.79 Å². The van der Waals surface area contributed by atoms with Gasteiger partial charge in [0, 0.05) is 5.69 Å². The fourth-order valence-corrected chi connectivity index (χ4v) is 2.42. The summed E-state index contributed by atoms with van der Waals surface area (Å²) in [7, 11) is 1.30. The molecule has 132 valence electrons. The molecule has 0 radical (unpaired) electrons. The van der Waals surface area contributed by atoms with E-state index in [9.17, 15) is 9.59 Å². The number of rotatable bonds is 6. The number of aryl methyl sites for hydroxylation is 1. The standard InChI is InChI=1S/C18H17Cl2NO4/c1-11-7-13(25-10-18(23)24-2)4-6-16(11)21-17(22)9-12-3-5-14(19)15(20)8-12/h3-8H,9-10H2,1-2H3,(H,21,22).